The van der Waals surface area contributed by atoms with Crippen LogP contribution >= 0.6 is 0 Å². The zero-order valence-corrected chi connectivity index (χ0v) is 20.0. The number of esters is 1. The highest BCUT2D eigenvalue weighted by Crippen LogP contribution is 2.33. The van der Waals surface area contributed by atoms with Crippen LogP contribution in [0.2, 0.25) is 0 Å². The quantitative estimate of drug-likeness (QED) is 0.578. The molecule has 1 aliphatic rings. The van der Waals surface area contributed by atoms with Crippen LogP contribution in [0.4, 0.5) is 0 Å². The number of ether oxygens (including phenoxy) is 2. The van der Waals surface area contributed by atoms with E-state index in [1.807, 2.05) is 44.2 Å². The number of pyridine rings is 1. The molecule has 1 amide bonds. The SMILES string of the molecule is COC(=O)C1(C)CCN(C(=O)[C@@H](C)Oc2ccc3c(-c4ccccc4C)c[nH]c(=O)c3c2)CC1. The fourth-order valence-electron chi connectivity index (χ4n) is 4.59. The zero-order chi connectivity index (χ0) is 24.5. The Labute approximate surface area is 198 Å². The molecule has 1 saturated heterocycles. The predicted molar refractivity (Wildman–Crippen MR) is 131 cm³/mol. The summed E-state index contributed by atoms with van der Waals surface area (Å²) in [6, 6.07) is 13.3. The molecule has 0 saturated carbocycles. The van der Waals surface area contributed by atoms with Gasteiger partial charge in [-0.15, -0.1) is 0 Å². The van der Waals surface area contributed by atoms with Gasteiger partial charge in [0.15, 0.2) is 6.10 Å². The van der Waals surface area contributed by atoms with Crippen molar-refractivity contribution in [2.24, 2.45) is 5.41 Å². The molecule has 0 bridgehead atoms. The smallest absolute Gasteiger partial charge is 0.311 e. The van der Waals surface area contributed by atoms with E-state index in [2.05, 4.69) is 4.98 Å². The van der Waals surface area contributed by atoms with Crippen LogP contribution in [0.1, 0.15) is 32.3 Å². The van der Waals surface area contributed by atoms with Crippen molar-refractivity contribution in [1.29, 1.82) is 0 Å². The summed E-state index contributed by atoms with van der Waals surface area (Å²) in [6.07, 6.45) is 2.10. The van der Waals surface area contributed by atoms with Gasteiger partial charge in [0.1, 0.15) is 5.75 Å². The average Bonchev–Trinajstić information content (AvgIpc) is 2.84. The van der Waals surface area contributed by atoms with Gasteiger partial charge in [-0.05, 0) is 68.3 Å². The van der Waals surface area contributed by atoms with Crippen LogP contribution in [0.3, 0.4) is 0 Å². The predicted octanol–water partition coefficient (Wildman–Crippen LogP) is 4.07. The average molecular weight is 463 g/mol. The first-order chi connectivity index (χ1) is 16.2. The van der Waals surface area contributed by atoms with Crippen molar-refractivity contribution in [1.82, 2.24) is 9.88 Å². The van der Waals surface area contributed by atoms with Crippen molar-refractivity contribution in [3.63, 3.8) is 0 Å². The van der Waals surface area contributed by atoms with Crippen molar-refractivity contribution in [2.45, 2.75) is 39.7 Å². The van der Waals surface area contributed by atoms with Crippen molar-refractivity contribution in [3.8, 4) is 16.9 Å². The van der Waals surface area contributed by atoms with Crippen LogP contribution in [0.15, 0.2) is 53.5 Å². The fourth-order valence-corrected chi connectivity index (χ4v) is 4.59. The highest BCUT2D eigenvalue weighted by Gasteiger charge is 2.39. The number of fused-ring (bicyclic) bond motifs is 1. The summed E-state index contributed by atoms with van der Waals surface area (Å²) in [5, 5.41) is 1.33. The fraction of sp³-hybridized carbons (Fsp3) is 0.370. The van der Waals surface area contributed by atoms with E-state index >= 15 is 0 Å². The highest BCUT2D eigenvalue weighted by atomic mass is 16.5. The summed E-state index contributed by atoms with van der Waals surface area (Å²) in [6.45, 7) is 6.54. The molecule has 0 spiro atoms. The van der Waals surface area contributed by atoms with Crippen LogP contribution in [0, 0.1) is 12.3 Å². The van der Waals surface area contributed by atoms with Gasteiger partial charge in [-0.1, -0.05) is 24.3 Å². The number of nitrogens with one attached hydrogen (secondary N) is 1. The molecule has 0 radical (unpaired) electrons. The summed E-state index contributed by atoms with van der Waals surface area (Å²) in [5.74, 6) is 0.0714. The largest absolute Gasteiger partial charge is 0.481 e. The Morgan fingerprint density at radius 2 is 1.76 bits per heavy atom. The van der Waals surface area contributed by atoms with E-state index in [4.69, 9.17) is 9.47 Å². The minimum atomic E-state index is -0.724. The van der Waals surface area contributed by atoms with Gasteiger partial charge in [-0.3, -0.25) is 14.4 Å². The number of carbonyl (C=O) groups excluding carboxylic acids is 2. The van der Waals surface area contributed by atoms with Crippen LogP contribution in [0.5, 0.6) is 5.75 Å². The van der Waals surface area contributed by atoms with Crippen molar-refractivity contribution >= 4 is 22.6 Å². The van der Waals surface area contributed by atoms with Crippen LogP contribution in [0.25, 0.3) is 21.9 Å². The summed E-state index contributed by atoms with van der Waals surface area (Å²) in [5.41, 5.74) is 2.31. The lowest BCUT2D eigenvalue weighted by Gasteiger charge is -2.38. The molecule has 7 nitrogen and oxygen atoms in total. The molecule has 178 valence electrons. The number of H-pyrrole nitrogens is 1. The third-order valence-electron chi connectivity index (χ3n) is 6.83. The number of methoxy groups -OCH3 is 1. The molecular formula is C27H30N2O5. The maximum absolute atomic E-state index is 13.0. The third-order valence-corrected chi connectivity index (χ3v) is 6.83. The molecule has 1 aromatic heterocycles. The molecule has 2 heterocycles. The number of likely N-dealkylation sites (tertiary alicyclic amines) is 1. The summed E-state index contributed by atoms with van der Waals surface area (Å²) in [4.78, 5) is 42.1. The second-order valence-corrected chi connectivity index (χ2v) is 9.19. The van der Waals surface area contributed by atoms with E-state index in [1.54, 1.807) is 30.2 Å². The number of piperidine rings is 1. The Morgan fingerprint density at radius 1 is 1.06 bits per heavy atom. The van der Waals surface area contributed by atoms with Crippen molar-refractivity contribution < 1.29 is 19.1 Å². The lowest BCUT2D eigenvalue weighted by molar-refractivity contribution is -0.157. The number of rotatable bonds is 5. The van der Waals surface area contributed by atoms with Crippen LogP contribution in [-0.4, -0.2) is 48.1 Å². The number of aryl methyl sites for hydroxylation is 1. The van der Waals surface area contributed by atoms with Crippen LogP contribution in [-0.2, 0) is 14.3 Å². The number of aromatic amines is 1. The normalized spacial score (nSPS) is 16.2. The van der Waals surface area contributed by atoms with Gasteiger partial charge in [0.05, 0.1) is 17.9 Å². The number of nitrogens with zero attached hydrogens (tertiary/aromatic N) is 1. The van der Waals surface area contributed by atoms with Gasteiger partial charge < -0.3 is 19.4 Å². The molecule has 34 heavy (non-hydrogen) atoms. The Morgan fingerprint density at radius 3 is 2.44 bits per heavy atom. The van der Waals surface area contributed by atoms with E-state index in [1.165, 1.54) is 7.11 Å². The lowest BCUT2D eigenvalue weighted by Crippen LogP contribution is -2.49. The Hall–Kier alpha value is -3.61. The second kappa shape index (κ2) is 9.33. The van der Waals surface area contributed by atoms with Gasteiger partial charge in [0.2, 0.25) is 0 Å². The van der Waals surface area contributed by atoms with Gasteiger partial charge in [0, 0.05) is 24.8 Å². The minimum Gasteiger partial charge on any atom is -0.481 e. The zero-order valence-electron chi connectivity index (χ0n) is 20.0. The standard InChI is InChI=1S/C27H30N2O5/c1-17-7-5-6-8-20(17)23-16-28-24(30)22-15-19(9-10-21(22)23)34-18(2)25(31)29-13-11-27(3,12-14-29)26(32)33-4/h5-10,15-16,18H,11-14H2,1-4H3,(H,28,30)/t18-/m1/s1. The van der Waals surface area contributed by atoms with Crippen molar-refractivity contribution in [3.05, 3.63) is 64.6 Å². The van der Waals surface area contributed by atoms with E-state index in [-0.39, 0.29) is 17.4 Å². The maximum atomic E-state index is 13.0. The number of amides is 1. The van der Waals surface area contributed by atoms with Gasteiger partial charge >= 0.3 is 5.97 Å². The topological polar surface area (TPSA) is 88.7 Å². The summed E-state index contributed by atoms with van der Waals surface area (Å²) >= 11 is 0. The Bertz CT molecular complexity index is 1290. The summed E-state index contributed by atoms with van der Waals surface area (Å²) < 4.78 is 10.9. The molecule has 3 aromatic rings. The first-order valence-corrected chi connectivity index (χ1v) is 11.5. The first kappa shape index (κ1) is 23.5. The Kier molecular flexibility index (Phi) is 6.46. The first-order valence-electron chi connectivity index (χ1n) is 11.5. The number of hydrogen-bond donors (Lipinski definition) is 1. The molecular weight excluding hydrogens is 432 g/mol. The molecule has 7 heteroatoms. The van der Waals surface area contributed by atoms with E-state index in [9.17, 15) is 14.4 Å². The van der Waals surface area contributed by atoms with Gasteiger partial charge in [-0.2, -0.15) is 0 Å². The van der Waals surface area contributed by atoms with E-state index in [0.717, 1.165) is 22.1 Å². The third kappa shape index (κ3) is 4.42. The molecule has 2 aromatic carbocycles. The maximum Gasteiger partial charge on any atom is 0.311 e. The summed E-state index contributed by atoms with van der Waals surface area (Å²) in [7, 11) is 1.39. The monoisotopic (exact) mass is 462 g/mol. The number of benzene rings is 2. The minimum absolute atomic E-state index is 0.144. The van der Waals surface area contributed by atoms with E-state index < -0.39 is 11.5 Å². The molecule has 0 unspecified atom stereocenters. The lowest BCUT2D eigenvalue weighted by atomic mass is 9.80. The van der Waals surface area contributed by atoms with Crippen LogP contribution < -0.4 is 10.3 Å². The molecule has 0 aliphatic carbocycles. The molecule has 1 atom stereocenters. The molecule has 1 N–H and O–H groups in total. The molecule has 1 fully saturated rings. The second-order valence-electron chi connectivity index (χ2n) is 9.19. The van der Waals surface area contributed by atoms with Crippen molar-refractivity contribution in [2.75, 3.05) is 20.2 Å². The number of hydrogen-bond acceptors (Lipinski definition) is 5. The molecule has 4 rings (SSSR count). The number of carbonyl (C=O) groups is 2. The highest BCUT2D eigenvalue weighted by molar-refractivity contribution is 5.97. The van der Waals surface area contributed by atoms with E-state index in [0.29, 0.717) is 37.1 Å². The molecule has 1 aliphatic heterocycles. The van der Waals surface area contributed by atoms with Gasteiger partial charge in [0.25, 0.3) is 11.5 Å². The number of aromatic nitrogens is 1. The van der Waals surface area contributed by atoms with Gasteiger partial charge in [-0.25, -0.2) is 0 Å². The Balaban J connectivity index is 1.52.